The summed E-state index contributed by atoms with van der Waals surface area (Å²) in [5.74, 6) is 0. The van der Waals surface area contributed by atoms with Gasteiger partial charge in [0.15, 0.2) is 0 Å². The first kappa shape index (κ1) is 39.3. The van der Waals surface area contributed by atoms with Crippen LogP contribution >= 0.6 is 37.2 Å². The Labute approximate surface area is 120 Å². The minimum absolute atomic E-state index is 0. The predicted octanol–water partition coefficient (Wildman–Crippen LogP) is -0.835. The van der Waals surface area contributed by atoms with Gasteiger partial charge >= 0.3 is 86.5 Å². The van der Waals surface area contributed by atoms with Gasteiger partial charge in [0.2, 0.25) is 0 Å². The molecule has 0 saturated heterocycles. The molecule has 0 nitrogen and oxygen atoms in total. The summed E-state index contributed by atoms with van der Waals surface area (Å²) >= 11 is 0. The van der Waals surface area contributed by atoms with Crippen LogP contribution in [-0.2, 0) is 0 Å². The third-order valence-electron chi connectivity index (χ3n) is 0. The van der Waals surface area contributed by atoms with Crippen LogP contribution in [0, 0.1) is 0 Å². The number of hydrogen-bond acceptors (Lipinski definition) is 0. The Kier molecular flexibility index (Phi) is 204. The molecule has 0 radical (unpaired) electrons. The van der Waals surface area contributed by atoms with E-state index in [9.17, 15) is 0 Å². The van der Waals surface area contributed by atoms with E-state index in [1.165, 1.54) is 0 Å². The van der Waals surface area contributed by atoms with Crippen molar-refractivity contribution in [3.63, 3.8) is 0 Å². The molecule has 0 rings (SSSR count). The van der Waals surface area contributed by atoms with E-state index in [0.717, 1.165) is 0 Å². The van der Waals surface area contributed by atoms with Crippen molar-refractivity contribution >= 4 is 124 Å². The van der Waals surface area contributed by atoms with Crippen molar-refractivity contribution in [3.8, 4) is 0 Å². The maximum atomic E-state index is 0. The summed E-state index contributed by atoms with van der Waals surface area (Å²) in [6.45, 7) is 0. The molecule has 0 aliphatic rings. The van der Waals surface area contributed by atoms with Gasteiger partial charge in [-0.3, -0.25) is 0 Å². The van der Waals surface area contributed by atoms with Gasteiger partial charge in [-0.05, 0) is 0 Å². The zero-order chi connectivity index (χ0) is 0. The topological polar surface area (TPSA) is 0 Å². The van der Waals surface area contributed by atoms with Gasteiger partial charge in [0.1, 0.15) is 0 Å². The summed E-state index contributed by atoms with van der Waals surface area (Å²) in [6.07, 6.45) is 0. The standard InChI is InChI=1S/3ClH.Cs.GeH4.H/h3*1H;;1H4;. The molecule has 0 fully saturated rings. The molecule has 0 amide bonds. The van der Waals surface area contributed by atoms with Crippen LogP contribution in [0.2, 0.25) is 0 Å². The summed E-state index contributed by atoms with van der Waals surface area (Å²) in [6, 6.07) is 0. The second-order valence-corrected chi connectivity index (χ2v) is 0. The Hall–Kier alpha value is 3.46. The summed E-state index contributed by atoms with van der Waals surface area (Å²) in [4.78, 5) is 0. The third-order valence-corrected chi connectivity index (χ3v) is 0. The predicted molar refractivity (Wildman–Crippen MR) is 40.2 cm³/mol. The van der Waals surface area contributed by atoms with Crippen molar-refractivity contribution in [2.75, 3.05) is 0 Å². The molecule has 0 saturated carbocycles. The molecule has 0 unspecified atom stereocenters. The monoisotopic (exact) mass is 320 g/mol. The van der Waals surface area contributed by atoms with E-state index in [-0.39, 0.29) is 124 Å². The van der Waals surface area contributed by atoms with Crippen LogP contribution in [0.4, 0.5) is 0 Å². The van der Waals surface area contributed by atoms with E-state index < -0.39 is 0 Å². The Morgan fingerprint density at radius 1 is 0.600 bits per heavy atom. The fraction of sp³-hybridized carbons (Fsp3) is 0. The van der Waals surface area contributed by atoms with Crippen molar-refractivity contribution < 1.29 is 0 Å². The van der Waals surface area contributed by atoms with E-state index in [1.54, 1.807) is 0 Å². The first-order valence-electron chi connectivity index (χ1n) is 0. The quantitative estimate of drug-likeness (QED) is 0.511. The van der Waals surface area contributed by atoms with Gasteiger partial charge < -0.3 is 0 Å². The first-order valence-corrected chi connectivity index (χ1v) is 0. The van der Waals surface area contributed by atoms with Crippen molar-refractivity contribution in [1.82, 2.24) is 0 Å². The second kappa shape index (κ2) is 26.0. The van der Waals surface area contributed by atoms with Crippen LogP contribution in [0.25, 0.3) is 0 Å². The van der Waals surface area contributed by atoms with Crippen molar-refractivity contribution in [3.05, 3.63) is 0 Å². The molecule has 34 valence electrons. The molecule has 0 aromatic carbocycles. The average molecular weight is 320 g/mol. The van der Waals surface area contributed by atoms with E-state index in [2.05, 4.69) is 0 Å². The minimum atomic E-state index is 0. The molecular formula is H8Cl3CsGe. The van der Waals surface area contributed by atoms with Crippen LogP contribution in [0.1, 0.15) is 0 Å². The maximum absolute atomic E-state index is 0. The van der Waals surface area contributed by atoms with Gasteiger partial charge in [-0.2, -0.15) is 0 Å². The van der Waals surface area contributed by atoms with Crippen LogP contribution in [0.3, 0.4) is 0 Å². The Morgan fingerprint density at radius 2 is 0.600 bits per heavy atom. The Balaban J connectivity index is 0. The molecule has 0 bridgehead atoms. The molecule has 0 aromatic heterocycles. The summed E-state index contributed by atoms with van der Waals surface area (Å²) in [7, 11) is 0. The van der Waals surface area contributed by atoms with Crippen molar-refractivity contribution in [2.45, 2.75) is 0 Å². The second-order valence-electron chi connectivity index (χ2n) is 0. The summed E-state index contributed by atoms with van der Waals surface area (Å²) < 4.78 is 0. The SMILES string of the molecule is Cl.Cl.Cl.[CsH].[GeH4]. The molecule has 0 N–H and O–H groups in total. The third kappa shape index (κ3) is 18.6. The Bertz CT molecular complexity index is 6.85. The van der Waals surface area contributed by atoms with Crippen LogP contribution in [0.15, 0.2) is 0 Å². The average Bonchev–Trinajstić information content (AvgIpc) is 0. The fourth-order valence-corrected chi connectivity index (χ4v) is 0. The summed E-state index contributed by atoms with van der Waals surface area (Å²) in [5.41, 5.74) is 0. The van der Waals surface area contributed by atoms with Gasteiger partial charge in [-0.15, -0.1) is 37.2 Å². The van der Waals surface area contributed by atoms with Crippen LogP contribution < -0.4 is 0 Å². The normalized spacial score (nSPS) is 0. The summed E-state index contributed by atoms with van der Waals surface area (Å²) in [5, 5.41) is 0. The number of rotatable bonds is 0. The molecular weight excluding hydrogens is 312 g/mol. The van der Waals surface area contributed by atoms with E-state index in [4.69, 9.17) is 0 Å². The number of hydrogen-bond donors (Lipinski definition) is 0. The Morgan fingerprint density at radius 3 is 0.600 bits per heavy atom. The van der Waals surface area contributed by atoms with Crippen molar-refractivity contribution in [2.24, 2.45) is 0 Å². The van der Waals surface area contributed by atoms with Gasteiger partial charge in [-0.25, -0.2) is 0 Å². The molecule has 5 heavy (non-hydrogen) atoms. The van der Waals surface area contributed by atoms with Crippen LogP contribution in [-0.4, -0.2) is 86.5 Å². The zero-order valence-corrected chi connectivity index (χ0v) is 3.67. The fourth-order valence-electron chi connectivity index (χ4n) is 0. The van der Waals surface area contributed by atoms with Crippen molar-refractivity contribution in [1.29, 1.82) is 0 Å². The molecule has 0 spiro atoms. The molecule has 0 heterocycles. The van der Waals surface area contributed by atoms with E-state index in [0.29, 0.717) is 0 Å². The molecule has 0 atom stereocenters. The van der Waals surface area contributed by atoms with Gasteiger partial charge in [0.05, 0.1) is 0 Å². The number of halogens is 3. The van der Waals surface area contributed by atoms with Gasteiger partial charge in [-0.1, -0.05) is 0 Å². The van der Waals surface area contributed by atoms with Gasteiger partial charge in [0, 0.05) is 0 Å². The first-order chi connectivity index (χ1) is 0. The molecule has 0 aliphatic heterocycles. The van der Waals surface area contributed by atoms with Crippen LogP contribution in [0.5, 0.6) is 0 Å². The zero-order valence-electron chi connectivity index (χ0n) is 1.22. The van der Waals surface area contributed by atoms with E-state index >= 15 is 0 Å². The molecule has 0 aliphatic carbocycles. The van der Waals surface area contributed by atoms with E-state index in [1.807, 2.05) is 0 Å². The molecule has 0 aromatic rings. The van der Waals surface area contributed by atoms with Gasteiger partial charge in [0.25, 0.3) is 0 Å². The molecule has 5 heteroatoms.